The number of nitrogens with one attached hydrogen (secondary N) is 1. The quantitative estimate of drug-likeness (QED) is 0.860. The van der Waals surface area contributed by atoms with Crippen molar-refractivity contribution in [1.29, 1.82) is 0 Å². The van der Waals surface area contributed by atoms with Crippen LogP contribution in [0.4, 0.5) is 0 Å². The molecule has 0 amide bonds. The first-order chi connectivity index (χ1) is 9.19. The van der Waals surface area contributed by atoms with Gasteiger partial charge in [0.1, 0.15) is 0 Å². The predicted octanol–water partition coefficient (Wildman–Crippen LogP) is 4.04. The molecule has 2 nitrogen and oxygen atoms in total. The van der Waals surface area contributed by atoms with Crippen LogP contribution in [0, 0.1) is 13.8 Å². The van der Waals surface area contributed by atoms with Gasteiger partial charge in [-0.3, -0.25) is 4.98 Å². The molecule has 0 spiro atoms. The van der Waals surface area contributed by atoms with E-state index in [1.165, 1.54) is 21.6 Å². The minimum Gasteiger partial charge on any atom is -0.309 e. The number of rotatable bonds is 6. The van der Waals surface area contributed by atoms with Gasteiger partial charge in [0.2, 0.25) is 0 Å². The van der Waals surface area contributed by atoms with E-state index in [-0.39, 0.29) is 0 Å². The first kappa shape index (κ1) is 14.2. The topological polar surface area (TPSA) is 24.9 Å². The number of benzene rings is 1. The molecule has 0 fully saturated rings. The fraction of sp³-hybridized carbons (Fsp3) is 0.438. The summed E-state index contributed by atoms with van der Waals surface area (Å²) in [6.45, 7) is 7.58. The van der Waals surface area contributed by atoms with E-state index in [9.17, 15) is 0 Å². The Morgan fingerprint density at radius 1 is 1.21 bits per heavy atom. The van der Waals surface area contributed by atoms with Crippen LogP contribution in [0.15, 0.2) is 29.9 Å². The minimum atomic E-state index is 0.383. The fourth-order valence-corrected chi connectivity index (χ4v) is 3.11. The molecule has 1 heterocycles. The molecule has 1 unspecified atom stereocenters. The Balaban J connectivity index is 2.15. The summed E-state index contributed by atoms with van der Waals surface area (Å²) in [6, 6.07) is 7.18. The summed E-state index contributed by atoms with van der Waals surface area (Å²) in [7, 11) is 0. The van der Waals surface area contributed by atoms with Gasteiger partial charge in [-0.25, -0.2) is 0 Å². The van der Waals surface area contributed by atoms with Crippen LogP contribution in [0.1, 0.15) is 41.0 Å². The molecule has 0 aliphatic rings. The van der Waals surface area contributed by atoms with Gasteiger partial charge in [-0.15, -0.1) is 11.3 Å². The molecule has 1 atom stereocenters. The number of hydrogen-bond donors (Lipinski definition) is 1. The van der Waals surface area contributed by atoms with Crippen LogP contribution in [0.5, 0.6) is 0 Å². The van der Waals surface area contributed by atoms with E-state index in [0.717, 1.165) is 19.4 Å². The fourth-order valence-electron chi connectivity index (χ4n) is 2.41. The molecule has 0 aliphatic carbocycles. The number of hydrogen-bond acceptors (Lipinski definition) is 3. The smallest absolute Gasteiger partial charge is 0.0794 e. The van der Waals surface area contributed by atoms with Gasteiger partial charge in [-0.2, -0.15) is 0 Å². The molecule has 2 aromatic rings. The Labute approximate surface area is 119 Å². The number of aromatic nitrogens is 1. The minimum absolute atomic E-state index is 0.383. The molecule has 0 bridgehead atoms. The maximum absolute atomic E-state index is 4.21. The zero-order chi connectivity index (χ0) is 13.7. The van der Waals surface area contributed by atoms with Crippen LogP contribution >= 0.6 is 11.3 Å². The summed E-state index contributed by atoms with van der Waals surface area (Å²) in [5, 5.41) is 3.63. The average Bonchev–Trinajstić information content (AvgIpc) is 2.87. The first-order valence-electron chi connectivity index (χ1n) is 6.88. The summed E-state index contributed by atoms with van der Waals surface area (Å²) in [5.41, 5.74) is 6.00. The molecule has 1 N–H and O–H groups in total. The lowest BCUT2D eigenvalue weighted by molar-refractivity contribution is 0.535. The van der Waals surface area contributed by atoms with Gasteiger partial charge in [-0.1, -0.05) is 36.2 Å². The highest BCUT2D eigenvalue weighted by Crippen LogP contribution is 2.22. The van der Waals surface area contributed by atoms with E-state index in [1.807, 2.05) is 11.7 Å². The summed E-state index contributed by atoms with van der Waals surface area (Å²) in [4.78, 5) is 5.53. The predicted molar refractivity (Wildman–Crippen MR) is 82.8 cm³/mol. The van der Waals surface area contributed by atoms with Crippen molar-refractivity contribution in [3.8, 4) is 0 Å². The molecule has 0 aliphatic heterocycles. The zero-order valence-corrected chi connectivity index (χ0v) is 12.8. The second-order valence-corrected chi connectivity index (χ2v) is 6.03. The van der Waals surface area contributed by atoms with Gasteiger partial charge < -0.3 is 5.32 Å². The lowest BCUT2D eigenvalue weighted by Crippen LogP contribution is -2.23. The first-order valence-corrected chi connectivity index (χ1v) is 7.76. The maximum atomic E-state index is 4.21. The second kappa shape index (κ2) is 6.83. The van der Waals surface area contributed by atoms with Gasteiger partial charge in [0.05, 0.1) is 5.51 Å². The normalized spacial score (nSPS) is 12.6. The lowest BCUT2D eigenvalue weighted by Gasteiger charge is -2.17. The van der Waals surface area contributed by atoms with Crippen molar-refractivity contribution in [2.24, 2.45) is 0 Å². The highest BCUT2D eigenvalue weighted by molar-refractivity contribution is 7.09. The van der Waals surface area contributed by atoms with Crippen molar-refractivity contribution in [3.63, 3.8) is 0 Å². The standard InChI is InChI=1S/C16H22N2S/c1-4-5-18-15(16-10-17-11-19-16)9-14-7-12(2)6-13(3)8-14/h6-8,10-11,15,18H,4-5,9H2,1-3H3. The van der Waals surface area contributed by atoms with Crippen molar-refractivity contribution in [3.05, 3.63) is 51.5 Å². The van der Waals surface area contributed by atoms with Crippen molar-refractivity contribution in [2.45, 2.75) is 39.7 Å². The molecule has 0 saturated heterocycles. The number of aryl methyl sites for hydroxylation is 2. The zero-order valence-electron chi connectivity index (χ0n) is 11.9. The van der Waals surface area contributed by atoms with Gasteiger partial charge in [0.15, 0.2) is 0 Å². The molecular weight excluding hydrogens is 252 g/mol. The largest absolute Gasteiger partial charge is 0.309 e. The highest BCUT2D eigenvalue weighted by Gasteiger charge is 2.13. The SMILES string of the molecule is CCCNC(Cc1cc(C)cc(C)c1)c1cncs1. The van der Waals surface area contributed by atoms with Gasteiger partial charge in [0.25, 0.3) is 0 Å². The number of nitrogens with zero attached hydrogens (tertiary/aromatic N) is 1. The van der Waals surface area contributed by atoms with Crippen LogP contribution in [0.3, 0.4) is 0 Å². The Bertz CT molecular complexity index is 485. The van der Waals surface area contributed by atoms with Crippen LogP contribution in [0.2, 0.25) is 0 Å². The van der Waals surface area contributed by atoms with Crippen molar-refractivity contribution < 1.29 is 0 Å². The molecule has 0 saturated carbocycles. The Morgan fingerprint density at radius 3 is 2.53 bits per heavy atom. The molecule has 3 heteroatoms. The van der Waals surface area contributed by atoms with Crippen LogP contribution in [-0.4, -0.2) is 11.5 Å². The molecule has 102 valence electrons. The lowest BCUT2D eigenvalue weighted by atomic mass is 10.0. The summed E-state index contributed by atoms with van der Waals surface area (Å²) in [6.07, 6.45) is 4.17. The molecule has 19 heavy (non-hydrogen) atoms. The Morgan fingerprint density at radius 2 is 1.95 bits per heavy atom. The van der Waals surface area contributed by atoms with Crippen LogP contribution < -0.4 is 5.32 Å². The van der Waals surface area contributed by atoms with Crippen molar-refractivity contribution >= 4 is 11.3 Å². The Kier molecular flexibility index (Phi) is 5.11. The third-order valence-electron chi connectivity index (χ3n) is 3.16. The monoisotopic (exact) mass is 274 g/mol. The summed E-state index contributed by atoms with van der Waals surface area (Å²) < 4.78 is 0. The van der Waals surface area contributed by atoms with Gasteiger partial charge in [-0.05, 0) is 38.8 Å². The van der Waals surface area contributed by atoms with E-state index in [0.29, 0.717) is 6.04 Å². The molecule has 1 aromatic heterocycles. The van der Waals surface area contributed by atoms with Crippen molar-refractivity contribution in [1.82, 2.24) is 10.3 Å². The molecule has 0 radical (unpaired) electrons. The van der Waals surface area contributed by atoms with Crippen molar-refractivity contribution in [2.75, 3.05) is 6.54 Å². The van der Waals surface area contributed by atoms with Gasteiger partial charge >= 0.3 is 0 Å². The summed E-state index contributed by atoms with van der Waals surface area (Å²) in [5.74, 6) is 0. The summed E-state index contributed by atoms with van der Waals surface area (Å²) >= 11 is 1.74. The van der Waals surface area contributed by atoms with E-state index in [2.05, 4.69) is 49.3 Å². The average molecular weight is 274 g/mol. The third-order valence-corrected chi connectivity index (χ3v) is 4.05. The van der Waals surface area contributed by atoms with Crippen LogP contribution in [-0.2, 0) is 6.42 Å². The highest BCUT2D eigenvalue weighted by atomic mass is 32.1. The van der Waals surface area contributed by atoms with E-state index < -0.39 is 0 Å². The Hall–Kier alpha value is -1.19. The molecular formula is C16H22N2S. The second-order valence-electron chi connectivity index (χ2n) is 5.11. The van der Waals surface area contributed by atoms with E-state index in [4.69, 9.17) is 0 Å². The third kappa shape index (κ3) is 4.15. The number of thiazole rings is 1. The molecule has 2 rings (SSSR count). The van der Waals surface area contributed by atoms with Gasteiger partial charge in [0, 0.05) is 17.1 Å². The molecule has 1 aromatic carbocycles. The van der Waals surface area contributed by atoms with Crippen LogP contribution in [0.25, 0.3) is 0 Å². The maximum Gasteiger partial charge on any atom is 0.0794 e. The van der Waals surface area contributed by atoms with E-state index >= 15 is 0 Å². The van der Waals surface area contributed by atoms with E-state index in [1.54, 1.807) is 11.3 Å².